The Balaban J connectivity index is 1.77. The molecule has 0 bridgehead atoms. The van der Waals surface area contributed by atoms with Crippen molar-refractivity contribution in [3.8, 4) is 17.2 Å². The van der Waals surface area contributed by atoms with E-state index in [1.807, 2.05) is 0 Å². The van der Waals surface area contributed by atoms with Crippen LogP contribution in [0.2, 0.25) is 0 Å². The summed E-state index contributed by atoms with van der Waals surface area (Å²) in [6.07, 6.45) is 0.815. The third-order valence-electron chi connectivity index (χ3n) is 5.68. The molecule has 0 radical (unpaired) electrons. The maximum atomic E-state index is 13.3. The van der Waals surface area contributed by atoms with Crippen LogP contribution < -0.4 is 19.9 Å². The maximum Gasteiger partial charge on any atom is 0.246 e. The maximum absolute atomic E-state index is 13.3. The highest BCUT2D eigenvalue weighted by molar-refractivity contribution is 7.89. The minimum atomic E-state index is -3.86. The first-order chi connectivity index (χ1) is 15.2. The van der Waals surface area contributed by atoms with Crippen LogP contribution in [0.3, 0.4) is 0 Å². The molecule has 1 heterocycles. The number of amides is 1. The van der Waals surface area contributed by atoms with E-state index in [0.29, 0.717) is 24.3 Å². The van der Waals surface area contributed by atoms with Gasteiger partial charge in [0.05, 0.1) is 20.8 Å². The Hall–Kier alpha value is -2.85. The molecule has 3 rings (SSSR count). The molecule has 2 aromatic carbocycles. The number of primary amides is 1. The predicted molar refractivity (Wildman–Crippen MR) is 116 cm³/mol. The van der Waals surface area contributed by atoms with Gasteiger partial charge in [0.2, 0.25) is 15.9 Å². The summed E-state index contributed by atoms with van der Waals surface area (Å²) in [5.74, 6) is 0.220. The predicted octanol–water partition coefficient (Wildman–Crippen LogP) is 2.57. The molecule has 1 aliphatic rings. The largest absolute Gasteiger partial charge is 0.497 e. The normalized spacial score (nSPS) is 16.3. The molecule has 2 N–H and O–H groups in total. The number of halogens is 1. The fraction of sp³-hybridized carbons (Fsp3) is 0.409. The van der Waals surface area contributed by atoms with Gasteiger partial charge in [-0.25, -0.2) is 12.8 Å². The molecular weight excluding hydrogens is 439 g/mol. The molecule has 1 saturated heterocycles. The summed E-state index contributed by atoms with van der Waals surface area (Å²) in [4.78, 5) is 11.8. The van der Waals surface area contributed by atoms with Crippen molar-refractivity contribution in [2.24, 2.45) is 11.1 Å². The van der Waals surface area contributed by atoms with Crippen LogP contribution >= 0.6 is 0 Å². The number of hydrogen-bond acceptors (Lipinski definition) is 6. The van der Waals surface area contributed by atoms with E-state index in [1.54, 1.807) is 12.1 Å². The summed E-state index contributed by atoms with van der Waals surface area (Å²) < 4.78 is 57.3. The van der Waals surface area contributed by atoms with Crippen molar-refractivity contribution in [3.63, 3.8) is 0 Å². The zero-order valence-electron chi connectivity index (χ0n) is 18.0. The highest BCUT2D eigenvalue weighted by Crippen LogP contribution is 2.39. The summed E-state index contributed by atoms with van der Waals surface area (Å²) in [6, 6.07) is 10.2. The second-order valence-electron chi connectivity index (χ2n) is 7.81. The number of benzene rings is 2. The second kappa shape index (κ2) is 9.74. The minimum absolute atomic E-state index is 0.0179. The van der Waals surface area contributed by atoms with Crippen molar-refractivity contribution >= 4 is 15.9 Å². The van der Waals surface area contributed by atoms with Crippen molar-refractivity contribution in [2.45, 2.75) is 24.2 Å². The van der Waals surface area contributed by atoms with Gasteiger partial charge < -0.3 is 19.9 Å². The molecule has 0 spiro atoms. The van der Waals surface area contributed by atoms with E-state index in [-0.39, 0.29) is 42.6 Å². The third kappa shape index (κ3) is 5.31. The molecule has 1 aliphatic heterocycles. The van der Waals surface area contributed by atoms with E-state index in [0.717, 1.165) is 0 Å². The highest BCUT2D eigenvalue weighted by Gasteiger charge is 2.41. The summed E-state index contributed by atoms with van der Waals surface area (Å²) in [5.41, 5.74) is 4.85. The number of rotatable bonds is 9. The van der Waals surface area contributed by atoms with Crippen LogP contribution in [-0.2, 0) is 14.8 Å². The molecule has 32 heavy (non-hydrogen) atoms. The number of carbonyl (C=O) groups excluding carboxylic acids is 1. The average Bonchev–Trinajstić information content (AvgIpc) is 2.78. The quantitative estimate of drug-likeness (QED) is 0.609. The Morgan fingerprint density at radius 1 is 1.06 bits per heavy atom. The van der Waals surface area contributed by atoms with E-state index in [9.17, 15) is 17.6 Å². The van der Waals surface area contributed by atoms with Crippen LogP contribution in [0, 0.1) is 11.2 Å². The molecule has 0 aliphatic carbocycles. The van der Waals surface area contributed by atoms with Crippen LogP contribution in [0.15, 0.2) is 47.4 Å². The molecule has 174 valence electrons. The van der Waals surface area contributed by atoms with Gasteiger partial charge in [0, 0.05) is 31.0 Å². The lowest BCUT2D eigenvalue weighted by molar-refractivity contribution is -0.121. The first-order valence-corrected chi connectivity index (χ1v) is 11.5. The van der Waals surface area contributed by atoms with E-state index < -0.39 is 21.3 Å². The SMILES string of the molecule is COc1ccc(OC)c(S(=O)(=O)N2CCC(COc3ccc(F)cc3)(CC(N)=O)CC2)c1. The molecule has 0 atom stereocenters. The van der Waals surface area contributed by atoms with Gasteiger partial charge >= 0.3 is 0 Å². The molecule has 2 aromatic rings. The number of sulfonamides is 1. The lowest BCUT2D eigenvalue weighted by Gasteiger charge is -2.40. The average molecular weight is 467 g/mol. The van der Waals surface area contributed by atoms with Gasteiger partial charge in [-0.05, 0) is 49.2 Å². The van der Waals surface area contributed by atoms with Crippen LogP contribution in [-0.4, -0.2) is 52.5 Å². The Morgan fingerprint density at radius 2 is 1.69 bits per heavy atom. The van der Waals surface area contributed by atoms with Crippen molar-refractivity contribution < 1.29 is 31.8 Å². The van der Waals surface area contributed by atoms with Gasteiger partial charge in [0.15, 0.2) is 0 Å². The minimum Gasteiger partial charge on any atom is -0.497 e. The van der Waals surface area contributed by atoms with Gasteiger partial charge in [-0.2, -0.15) is 4.31 Å². The van der Waals surface area contributed by atoms with Crippen LogP contribution in [0.25, 0.3) is 0 Å². The Morgan fingerprint density at radius 3 is 2.25 bits per heavy atom. The van der Waals surface area contributed by atoms with E-state index in [1.165, 1.54) is 48.9 Å². The van der Waals surface area contributed by atoms with E-state index >= 15 is 0 Å². The van der Waals surface area contributed by atoms with Crippen molar-refractivity contribution in [1.82, 2.24) is 4.31 Å². The first-order valence-electron chi connectivity index (χ1n) is 10.1. The van der Waals surface area contributed by atoms with Crippen molar-refractivity contribution in [2.75, 3.05) is 33.9 Å². The number of methoxy groups -OCH3 is 2. The molecule has 1 fully saturated rings. The second-order valence-corrected chi connectivity index (χ2v) is 9.71. The fourth-order valence-electron chi connectivity index (χ4n) is 3.83. The lowest BCUT2D eigenvalue weighted by Crippen LogP contribution is -2.47. The zero-order chi connectivity index (χ0) is 23.4. The zero-order valence-corrected chi connectivity index (χ0v) is 18.9. The number of nitrogens with two attached hydrogens (primary N) is 1. The number of carbonyl (C=O) groups is 1. The smallest absolute Gasteiger partial charge is 0.246 e. The summed E-state index contributed by atoms with van der Waals surface area (Å²) in [6.45, 7) is 0.531. The van der Waals surface area contributed by atoms with Gasteiger partial charge in [-0.1, -0.05) is 0 Å². The van der Waals surface area contributed by atoms with Crippen molar-refractivity contribution in [1.29, 1.82) is 0 Å². The number of piperidine rings is 1. The standard InChI is InChI=1S/C22H27FN2O6S/c1-29-18-7-8-19(30-2)20(13-18)32(27,28)25-11-9-22(10-12-25,14-21(24)26)15-31-17-5-3-16(23)4-6-17/h3-8,13H,9-12,14-15H2,1-2H3,(H2,24,26). The molecule has 0 aromatic heterocycles. The van der Waals surface area contributed by atoms with Gasteiger partial charge in [0.25, 0.3) is 0 Å². The molecule has 0 unspecified atom stereocenters. The number of hydrogen-bond donors (Lipinski definition) is 1. The van der Waals surface area contributed by atoms with Crippen molar-refractivity contribution in [3.05, 3.63) is 48.3 Å². The number of ether oxygens (including phenoxy) is 3. The lowest BCUT2D eigenvalue weighted by atomic mass is 9.76. The first kappa shape index (κ1) is 23.8. The molecule has 1 amide bonds. The molecule has 0 saturated carbocycles. The van der Waals surface area contributed by atoms with Gasteiger partial charge in [-0.15, -0.1) is 0 Å². The van der Waals surface area contributed by atoms with Gasteiger partial charge in [0.1, 0.15) is 28.0 Å². The fourth-order valence-corrected chi connectivity index (χ4v) is 5.45. The summed E-state index contributed by atoms with van der Waals surface area (Å²) >= 11 is 0. The number of nitrogens with zero attached hydrogens (tertiary/aromatic N) is 1. The summed E-state index contributed by atoms with van der Waals surface area (Å²) in [7, 11) is -0.997. The Kier molecular flexibility index (Phi) is 7.25. The highest BCUT2D eigenvalue weighted by atomic mass is 32.2. The summed E-state index contributed by atoms with van der Waals surface area (Å²) in [5, 5.41) is 0. The van der Waals surface area contributed by atoms with Crippen LogP contribution in [0.1, 0.15) is 19.3 Å². The third-order valence-corrected chi connectivity index (χ3v) is 7.60. The Bertz CT molecular complexity index is 1050. The van der Waals surface area contributed by atoms with Gasteiger partial charge in [-0.3, -0.25) is 4.79 Å². The monoisotopic (exact) mass is 466 g/mol. The van der Waals surface area contributed by atoms with E-state index in [4.69, 9.17) is 19.9 Å². The molecule has 10 heteroatoms. The molecule has 8 nitrogen and oxygen atoms in total. The molecular formula is C22H27FN2O6S. The van der Waals surface area contributed by atoms with Crippen LogP contribution in [0.4, 0.5) is 4.39 Å². The van der Waals surface area contributed by atoms with E-state index in [2.05, 4.69) is 0 Å². The van der Waals surface area contributed by atoms with Crippen LogP contribution in [0.5, 0.6) is 17.2 Å². The topological polar surface area (TPSA) is 108 Å². The Labute approximate surface area is 187 Å².